The van der Waals surface area contributed by atoms with E-state index in [0.717, 1.165) is 24.5 Å². The van der Waals surface area contributed by atoms with Crippen LogP contribution in [0.25, 0.3) is 0 Å². The van der Waals surface area contributed by atoms with E-state index in [1.54, 1.807) is 18.1 Å². The first-order chi connectivity index (χ1) is 12.3. The molecule has 6 nitrogen and oxygen atoms in total. The Kier molecular flexibility index (Phi) is 5.15. The number of carbonyl (C=O) groups excluding carboxylic acids is 1. The minimum Gasteiger partial charge on any atom is -0.328 e. The third kappa shape index (κ3) is 4.96. The van der Waals surface area contributed by atoms with Gasteiger partial charge in [-0.25, -0.2) is 9.48 Å². The molecule has 1 N–H and O–H groups in total. The van der Waals surface area contributed by atoms with Crippen molar-refractivity contribution in [1.82, 2.24) is 19.9 Å². The first-order valence-corrected chi connectivity index (χ1v) is 8.39. The number of rotatable bonds is 6. The number of nitrogens with zero attached hydrogens (tertiary/aromatic N) is 4. The summed E-state index contributed by atoms with van der Waals surface area (Å²) < 4.78 is 39.2. The normalized spacial score (nSPS) is 14.3. The number of urea groups is 1. The van der Waals surface area contributed by atoms with Crippen molar-refractivity contribution in [3.05, 3.63) is 41.6 Å². The van der Waals surface area contributed by atoms with Crippen molar-refractivity contribution < 1.29 is 18.0 Å². The minimum atomic E-state index is -4.35. The molecule has 2 amide bonds. The van der Waals surface area contributed by atoms with Gasteiger partial charge in [0.15, 0.2) is 5.82 Å². The lowest BCUT2D eigenvalue weighted by Gasteiger charge is -2.16. The number of benzene rings is 1. The van der Waals surface area contributed by atoms with Crippen molar-refractivity contribution in [2.45, 2.75) is 32.0 Å². The van der Waals surface area contributed by atoms with Crippen molar-refractivity contribution in [1.29, 1.82) is 0 Å². The van der Waals surface area contributed by atoms with E-state index in [9.17, 15) is 18.0 Å². The Hall–Kier alpha value is -2.58. The Morgan fingerprint density at radius 3 is 2.62 bits per heavy atom. The smallest absolute Gasteiger partial charge is 0.328 e. The summed E-state index contributed by atoms with van der Waals surface area (Å²) in [6, 6.07) is 4.60. The molecule has 1 saturated carbocycles. The third-order valence-electron chi connectivity index (χ3n) is 4.32. The number of aromatic nitrogens is 3. The largest absolute Gasteiger partial charge is 0.416 e. The van der Waals surface area contributed by atoms with Crippen molar-refractivity contribution in [2.75, 3.05) is 18.9 Å². The van der Waals surface area contributed by atoms with Crippen molar-refractivity contribution in [3.63, 3.8) is 0 Å². The molecule has 0 saturated heterocycles. The van der Waals surface area contributed by atoms with Crippen LogP contribution in [0.1, 0.15) is 30.4 Å². The molecule has 2 aromatic rings. The summed E-state index contributed by atoms with van der Waals surface area (Å²) in [6.07, 6.45) is 0.686. The summed E-state index contributed by atoms with van der Waals surface area (Å²) in [6.45, 7) is 0.953. The molecule has 1 fully saturated rings. The molecular weight excluding hydrogens is 347 g/mol. The molecule has 3 rings (SSSR count). The maximum atomic E-state index is 12.6. The molecule has 140 valence electrons. The van der Waals surface area contributed by atoms with E-state index in [1.165, 1.54) is 29.7 Å². The zero-order chi connectivity index (χ0) is 18.7. The SMILES string of the molecule is CN(CCC1CC1)C(=O)Nc1cn(Cc2ccc(C(F)(F)F)cc2)nn1. The second-order valence-corrected chi connectivity index (χ2v) is 6.58. The number of anilines is 1. The summed E-state index contributed by atoms with van der Waals surface area (Å²) in [5.74, 6) is 1.05. The molecule has 1 heterocycles. The summed E-state index contributed by atoms with van der Waals surface area (Å²) in [5.41, 5.74) is -0.0376. The van der Waals surface area contributed by atoms with Gasteiger partial charge < -0.3 is 4.90 Å². The molecule has 0 radical (unpaired) electrons. The average Bonchev–Trinajstić information content (AvgIpc) is 3.32. The fourth-order valence-electron chi connectivity index (χ4n) is 2.51. The van der Waals surface area contributed by atoms with Gasteiger partial charge >= 0.3 is 12.2 Å². The Balaban J connectivity index is 1.53. The van der Waals surface area contributed by atoms with Crippen LogP contribution in [0.5, 0.6) is 0 Å². The van der Waals surface area contributed by atoms with Crippen LogP contribution < -0.4 is 5.32 Å². The predicted octanol–water partition coefficient (Wildman–Crippen LogP) is 3.61. The predicted molar refractivity (Wildman–Crippen MR) is 89.6 cm³/mol. The lowest BCUT2D eigenvalue weighted by atomic mass is 10.1. The van der Waals surface area contributed by atoms with E-state index < -0.39 is 11.7 Å². The monoisotopic (exact) mass is 367 g/mol. The summed E-state index contributed by atoms with van der Waals surface area (Å²) in [4.78, 5) is 13.7. The standard InChI is InChI=1S/C17H20F3N5O/c1-24(9-8-12-2-3-12)16(26)21-15-11-25(23-22-15)10-13-4-6-14(7-5-13)17(18,19)20/h4-7,11-12H,2-3,8-10H2,1H3,(H,21,26). The highest BCUT2D eigenvalue weighted by Gasteiger charge is 2.29. The number of alkyl halides is 3. The van der Waals surface area contributed by atoms with Gasteiger partial charge in [-0.15, -0.1) is 5.10 Å². The zero-order valence-corrected chi connectivity index (χ0v) is 14.3. The van der Waals surface area contributed by atoms with Gasteiger partial charge in [0.25, 0.3) is 0 Å². The van der Waals surface area contributed by atoms with Gasteiger partial charge in [0.1, 0.15) is 0 Å². The van der Waals surface area contributed by atoms with Crippen LogP contribution >= 0.6 is 0 Å². The van der Waals surface area contributed by atoms with Gasteiger partial charge in [-0.1, -0.05) is 30.2 Å². The molecule has 1 aliphatic rings. The quantitative estimate of drug-likeness (QED) is 0.848. The Labute approximate surface area is 149 Å². The van der Waals surface area contributed by atoms with Crippen LogP contribution in [0.15, 0.2) is 30.5 Å². The van der Waals surface area contributed by atoms with Crippen molar-refractivity contribution in [2.24, 2.45) is 5.92 Å². The minimum absolute atomic E-state index is 0.257. The lowest BCUT2D eigenvalue weighted by Crippen LogP contribution is -2.32. The number of halogens is 3. The number of nitrogens with one attached hydrogen (secondary N) is 1. The maximum absolute atomic E-state index is 12.6. The highest BCUT2D eigenvalue weighted by molar-refractivity contribution is 5.87. The molecule has 0 atom stereocenters. The molecule has 1 aromatic heterocycles. The molecule has 9 heteroatoms. The highest BCUT2D eigenvalue weighted by atomic mass is 19.4. The topological polar surface area (TPSA) is 63.1 Å². The molecule has 0 aliphatic heterocycles. The second kappa shape index (κ2) is 7.35. The molecule has 0 spiro atoms. The van der Waals surface area contributed by atoms with Gasteiger partial charge in [-0.3, -0.25) is 5.32 Å². The van der Waals surface area contributed by atoms with Crippen molar-refractivity contribution in [3.8, 4) is 0 Å². The van der Waals surface area contributed by atoms with E-state index >= 15 is 0 Å². The number of hydrogen-bond acceptors (Lipinski definition) is 3. The first kappa shape index (κ1) is 18.2. The van der Waals surface area contributed by atoms with E-state index in [0.29, 0.717) is 17.9 Å². The van der Waals surface area contributed by atoms with Gasteiger partial charge in [-0.05, 0) is 30.0 Å². The molecular formula is C17H20F3N5O. The van der Waals surface area contributed by atoms with Crippen molar-refractivity contribution >= 4 is 11.8 Å². The van der Waals surface area contributed by atoms with E-state index in [1.807, 2.05) is 0 Å². The van der Waals surface area contributed by atoms with Gasteiger partial charge in [0, 0.05) is 13.6 Å². The van der Waals surface area contributed by atoms with Crippen LogP contribution in [0.3, 0.4) is 0 Å². The summed E-state index contributed by atoms with van der Waals surface area (Å²) in [7, 11) is 1.73. The highest BCUT2D eigenvalue weighted by Crippen LogP contribution is 2.32. The summed E-state index contributed by atoms with van der Waals surface area (Å²) >= 11 is 0. The molecule has 1 aliphatic carbocycles. The van der Waals surface area contributed by atoms with E-state index in [2.05, 4.69) is 15.6 Å². The fourth-order valence-corrected chi connectivity index (χ4v) is 2.51. The van der Waals surface area contributed by atoms with E-state index in [-0.39, 0.29) is 12.6 Å². The number of hydrogen-bond donors (Lipinski definition) is 1. The van der Waals surface area contributed by atoms with Gasteiger partial charge in [0.2, 0.25) is 0 Å². The number of amides is 2. The zero-order valence-electron chi connectivity index (χ0n) is 14.3. The first-order valence-electron chi connectivity index (χ1n) is 8.39. The molecule has 1 aromatic carbocycles. The van der Waals surface area contributed by atoms with Gasteiger partial charge in [-0.2, -0.15) is 13.2 Å². The van der Waals surface area contributed by atoms with Gasteiger partial charge in [0.05, 0.1) is 18.3 Å². The van der Waals surface area contributed by atoms with Crippen LogP contribution in [-0.4, -0.2) is 39.5 Å². The maximum Gasteiger partial charge on any atom is 0.416 e. The Morgan fingerprint density at radius 2 is 2.00 bits per heavy atom. The third-order valence-corrected chi connectivity index (χ3v) is 4.32. The second-order valence-electron chi connectivity index (χ2n) is 6.58. The fraction of sp³-hybridized carbons (Fsp3) is 0.471. The molecule has 0 bridgehead atoms. The Bertz CT molecular complexity index is 753. The number of carbonyl (C=O) groups is 1. The van der Waals surface area contributed by atoms with Crippen LogP contribution in [0.2, 0.25) is 0 Å². The molecule has 26 heavy (non-hydrogen) atoms. The molecule has 0 unspecified atom stereocenters. The summed E-state index contributed by atoms with van der Waals surface area (Å²) in [5, 5.41) is 10.4. The van der Waals surface area contributed by atoms with Crippen LogP contribution in [-0.2, 0) is 12.7 Å². The van der Waals surface area contributed by atoms with Crippen LogP contribution in [0, 0.1) is 5.92 Å². The lowest BCUT2D eigenvalue weighted by molar-refractivity contribution is -0.137. The average molecular weight is 367 g/mol. The van der Waals surface area contributed by atoms with Crippen LogP contribution in [0.4, 0.5) is 23.8 Å². The Morgan fingerprint density at radius 1 is 1.31 bits per heavy atom. The van der Waals surface area contributed by atoms with E-state index in [4.69, 9.17) is 0 Å².